The Bertz CT molecular complexity index is 1030. The van der Waals surface area contributed by atoms with Crippen LogP contribution in [0.4, 0.5) is 5.69 Å². The molecule has 156 valence electrons. The molecular weight excluding hydrogens is 394 g/mol. The summed E-state index contributed by atoms with van der Waals surface area (Å²) >= 11 is 5.47. The van der Waals surface area contributed by atoms with Crippen molar-refractivity contribution in [3.8, 4) is 5.75 Å². The van der Waals surface area contributed by atoms with Crippen molar-refractivity contribution < 1.29 is 4.74 Å². The van der Waals surface area contributed by atoms with Crippen LogP contribution < -0.4 is 9.64 Å². The van der Waals surface area contributed by atoms with E-state index in [-0.39, 0.29) is 0 Å². The second-order valence-corrected chi connectivity index (χ2v) is 7.73. The number of hydrogen-bond donors (Lipinski definition) is 1. The first-order chi connectivity index (χ1) is 14.7. The Morgan fingerprint density at radius 3 is 2.57 bits per heavy atom. The summed E-state index contributed by atoms with van der Waals surface area (Å²) in [6.45, 7) is 4.75. The third-order valence-corrected chi connectivity index (χ3v) is 5.61. The van der Waals surface area contributed by atoms with Crippen LogP contribution in [0.1, 0.15) is 17.8 Å². The van der Waals surface area contributed by atoms with Gasteiger partial charge in [-0.15, -0.1) is 0 Å². The highest BCUT2D eigenvalue weighted by atomic mass is 32.1. The van der Waals surface area contributed by atoms with E-state index in [0.29, 0.717) is 4.77 Å². The number of nitrogens with zero attached hydrogens (tertiary/aromatic N) is 4. The van der Waals surface area contributed by atoms with Gasteiger partial charge in [0, 0.05) is 31.9 Å². The standard InChI is InChI=1S/C23H27N5OS/c1-29-21-11-9-20(10-12-21)27-15-5-14-26(16-17-27)18-28-23(30)24-22(25-28)13-8-19-6-3-2-4-7-19/h2-4,6-13H,5,14-18H2,1H3,(H,24,25,30)/b13-8+. The molecule has 2 heterocycles. The second-order valence-electron chi connectivity index (χ2n) is 7.36. The summed E-state index contributed by atoms with van der Waals surface area (Å²) in [5, 5.41) is 3.32. The van der Waals surface area contributed by atoms with Gasteiger partial charge < -0.3 is 9.64 Å². The normalized spacial score (nSPS) is 15.4. The molecule has 0 spiro atoms. The Morgan fingerprint density at radius 1 is 1.00 bits per heavy atom. The van der Waals surface area contributed by atoms with Crippen molar-refractivity contribution in [2.24, 2.45) is 0 Å². The molecule has 0 atom stereocenters. The first kappa shape index (κ1) is 20.4. The van der Waals surface area contributed by atoms with E-state index < -0.39 is 0 Å². The zero-order valence-corrected chi connectivity index (χ0v) is 18.0. The molecule has 6 nitrogen and oxygen atoms in total. The maximum absolute atomic E-state index is 5.47. The molecule has 0 unspecified atom stereocenters. The fourth-order valence-electron chi connectivity index (χ4n) is 3.65. The molecule has 0 aliphatic carbocycles. The van der Waals surface area contributed by atoms with Gasteiger partial charge in [0.05, 0.1) is 13.8 Å². The minimum Gasteiger partial charge on any atom is -0.497 e. The maximum Gasteiger partial charge on any atom is 0.217 e. The highest BCUT2D eigenvalue weighted by Gasteiger charge is 2.16. The molecule has 1 N–H and O–H groups in total. The van der Waals surface area contributed by atoms with Gasteiger partial charge >= 0.3 is 0 Å². The SMILES string of the molecule is COc1ccc(N2CCCN(Cn3[nH]c(/C=C/c4ccccc4)nc3=S)CC2)cc1. The van der Waals surface area contributed by atoms with Crippen LogP contribution in [-0.4, -0.2) is 53.0 Å². The Labute approximate surface area is 182 Å². The van der Waals surface area contributed by atoms with E-state index in [4.69, 9.17) is 17.0 Å². The highest BCUT2D eigenvalue weighted by Crippen LogP contribution is 2.20. The van der Waals surface area contributed by atoms with Crippen LogP contribution in [0, 0.1) is 4.77 Å². The lowest BCUT2D eigenvalue weighted by molar-refractivity contribution is 0.220. The number of anilines is 1. The summed E-state index contributed by atoms with van der Waals surface area (Å²) in [7, 11) is 1.70. The van der Waals surface area contributed by atoms with Crippen LogP contribution in [-0.2, 0) is 6.67 Å². The Morgan fingerprint density at radius 2 is 1.80 bits per heavy atom. The van der Waals surface area contributed by atoms with Crippen molar-refractivity contribution in [3.63, 3.8) is 0 Å². The fourth-order valence-corrected chi connectivity index (χ4v) is 3.85. The summed E-state index contributed by atoms with van der Waals surface area (Å²) in [4.78, 5) is 9.33. The lowest BCUT2D eigenvalue weighted by atomic mass is 10.2. The smallest absolute Gasteiger partial charge is 0.217 e. The monoisotopic (exact) mass is 421 g/mol. The Hall–Kier alpha value is -2.90. The average Bonchev–Trinajstić information content (AvgIpc) is 2.98. The fraction of sp³-hybridized carbons (Fsp3) is 0.304. The number of methoxy groups -OCH3 is 1. The van der Waals surface area contributed by atoms with Gasteiger partial charge in [0.25, 0.3) is 0 Å². The Kier molecular flexibility index (Phi) is 6.61. The Balaban J connectivity index is 1.37. The number of aromatic amines is 1. The van der Waals surface area contributed by atoms with Gasteiger partial charge in [0.15, 0.2) is 0 Å². The number of H-pyrrole nitrogens is 1. The molecule has 0 amide bonds. The molecule has 1 fully saturated rings. The van der Waals surface area contributed by atoms with Crippen molar-refractivity contribution in [1.29, 1.82) is 0 Å². The molecule has 2 aromatic carbocycles. The van der Waals surface area contributed by atoms with E-state index in [0.717, 1.165) is 56.4 Å². The number of rotatable bonds is 6. The molecule has 30 heavy (non-hydrogen) atoms. The lowest BCUT2D eigenvalue weighted by Gasteiger charge is -2.23. The summed E-state index contributed by atoms with van der Waals surface area (Å²) < 4.78 is 7.80. The maximum atomic E-state index is 5.47. The van der Waals surface area contributed by atoms with Gasteiger partial charge in [-0.05, 0) is 54.5 Å². The van der Waals surface area contributed by atoms with Crippen LogP contribution >= 0.6 is 12.2 Å². The van der Waals surface area contributed by atoms with Gasteiger partial charge in [-0.25, -0.2) is 4.68 Å². The van der Waals surface area contributed by atoms with Crippen LogP contribution in [0.5, 0.6) is 5.75 Å². The van der Waals surface area contributed by atoms with E-state index in [1.165, 1.54) is 5.69 Å². The summed E-state index contributed by atoms with van der Waals surface area (Å²) in [6, 6.07) is 18.5. The van der Waals surface area contributed by atoms with Crippen LogP contribution in [0.15, 0.2) is 54.6 Å². The number of benzene rings is 2. The molecule has 1 aliphatic rings. The molecule has 4 rings (SSSR count). The van der Waals surface area contributed by atoms with Gasteiger partial charge in [-0.1, -0.05) is 36.4 Å². The van der Waals surface area contributed by atoms with E-state index >= 15 is 0 Å². The predicted octanol–water partition coefficient (Wildman–Crippen LogP) is 4.29. The predicted molar refractivity (Wildman–Crippen MR) is 124 cm³/mol. The summed E-state index contributed by atoms with van der Waals surface area (Å²) in [5.74, 6) is 1.67. The molecule has 3 aromatic rings. The molecule has 7 heteroatoms. The van der Waals surface area contributed by atoms with E-state index in [2.05, 4.69) is 44.1 Å². The van der Waals surface area contributed by atoms with Gasteiger partial charge in [-0.3, -0.25) is 10.00 Å². The van der Waals surface area contributed by atoms with E-state index in [9.17, 15) is 0 Å². The largest absolute Gasteiger partial charge is 0.497 e. The minimum absolute atomic E-state index is 0.582. The average molecular weight is 422 g/mol. The van der Waals surface area contributed by atoms with Gasteiger partial charge in [-0.2, -0.15) is 4.98 Å². The highest BCUT2D eigenvalue weighted by molar-refractivity contribution is 7.71. The third kappa shape index (κ3) is 5.17. The van der Waals surface area contributed by atoms with E-state index in [1.54, 1.807) is 7.11 Å². The first-order valence-electron chi connectivity index (χ1n) is 10.2. The topological polar surface area (TPSA) is 49.3 Å². The molecule has 0 saturated carbocycles. The number of ether oxygens (including phenoxy) is 1. The number of nitrogens with one attached hydrogen (secondary N) is 1. The third-order valence-electron chi connectivity index (χ3n) is 5.30. The molecule has 1 aliphatic heterocycles. The molecular formula is C23H27N5OS. The zero-order chi connectivity index (χ0) is 20.8. The molecule has 1 aromatic heterocycles. The first-order valence-corrected chi connectivity index (χ1v) is 10.6. The van der Waals surface area contributed by atoms with Gasteiger partial charge in [0.1, 0.15) is 11.6 Å². The molecule has 0 bridgehead atoms. The van der Waals surface area contributed by atoms with Crippen molar-refractivity contribution in [3.05, 3.63) is 70.8 Å². The minimum atomic E-state index is 0.582. The van der Waals surface area contributed by atoms with Crippen molar-refractivity contribution in [1.82, 2.24) is 19.7 Å². The molecule has 1 saturated heterocycles. The second kappa shape index (κ2) is 9.73. The molecule has 0 radical (unpaired) electrons. The quantitative estimate of drug-likeness (QED) is 0.602. The van der Waals surface area contributed by atoms with Crippen LogP contribution in [0.3, 0.4) is 0 Å². The van der Waals surface area contributed by atoms with Crippen molar-refractivity contribution in [2.45, 2.75) is 13.1 Å². The van der Waals surface area contributed by atoms with Crippen molar-refractivity contribution >= 4 is 30.1 Å². The summed E-state index contributed by atoms with van der Waals surface area (Å²) in [5.41, 5.74) is 2.38. The van der Waals surface area contributed by atoms with Crippen LogP contribution in [0.25, 0.3) is 12.2 Å². The summed E-state index contributed by atoms with van der Waals surface area (Å²) in [6.07, 6.45) is 5.11. The van der Waals surface area contributed by atoms with Gasteiger partial charge in [0.2, 0.25) is 4.77 Å². The van der Waals surface area contributed by atoms with Crippen LogP contribution in [0.2, 0.25) is 0 Å². The van der Waals surface area contributed by atoms with E-state index in [1.807, 2.05) is 47.2 Å². The lowest BCUT2D eigenvalue weighted by Crippen LogP contribution is -2.32. The number of hydrogen-bond acceptors (Lipinski definition) is 5. The zero-order valence-electron chi connectivity index (χ0n) is 17.2. The van der Waals surface area contributed by atoms with Crippen molar-refractivity contribution in [2.75, 3.05) is 38.2 Å². The number of aromatic nitrogens is 3.